The number of amides is 3. The second kappa shape index (κ2) is 8.53. The number of nitrogens with one attached hydrogen (secondary N) is 1. The van der Waals surface area contributed by atoms with Crippen LogP contribution in [0.3, 0.4) is 0 Å². The maximum absolute atomic E-state index is 14.1. The van der Waals surface area contributed by atoms with Gasteiger partial charge >= 0.3 is 0 Å². The fourth-order valence-corrected chi connectivity index (χ4v) is 6.04. The lowest BCUT2D eigenvalue weighted by Gasteiger charge is -2.33. The average molecular weight is 490 g/mol. The van der Waals surface area contributed by atoms with Gasteiger partial charge in [0, 0.05) is 16.9 Å². The molecule has 0 aliphatic carbocycles. The fraction of sp³-hybridized carbons (Fsp3) is 0.222. The number of carbonyl (C=O) groups is 3. The van der Waals surface area contributed by atoms with Crippen LogP contribution in [0.4, 0.5) is 21.5 Å². The third-order valence-electron chi connectivity index (χ3n) is 6.35. The molecule has 0 radical (unpaired) electrons. The van der Waals surface area contributed by atoms with Gasteiger partial charge in [0.2, 0.25) is 16.7 Å². The Kier molecular flexibility index (Phi) is 5.63. The lowest BCUT2D eigenvalue weighted by molar-refractivity contribution is -0.124. The lowest BCUT2D eigenvalue weighted by Crippen LogP contribution is -2.51. The summed E-state index contributed by atoms with van der Waals surface area (Å²) in [5.74, 6) is -1.46. The Hall–Kier alpha value is -3.65. The molecule has 2 heterocycles. The number of benzene rings is 3. The summed E-state index contributed by atoms with van der Waals surface area (Å²) >= 11 is 1.20. The Labute approximate surface area is 207 Å². The van der Waals surface area contributed by atoms with Crippen LogP contribution in [0.25, 0.3) is 0 Å². The molecule has 2 aliphatic heterocycles. The van der Waals surface area contributed by atoms with E-state index >= 15 is 0 Å². The van der Waals surface area contributed by atoms with Crippen molar-refractivity contribution in [1.82, 2.24) is 0 Å². The summed E-state index contributed by atoms with van der Waals surface area (Å²) < 4.78 is 14.1. The van der Waals surface area contributed by atoms with Crippen molar-refractivity contribution in [3.8, 4) is 0 Å². The Bertz CT molecular complexity index is 1390. The number of anilines is 3. The molecule has 3 amide bonds. The Morgan fingerprint density at radius 2 is 1.77 bits per heavy atom. The first-order valence-corrected chi connectivity index (χ1v) is 12.2. The molecule has 35 heavy (non-hydrogen) atoms. The van der Waals surface area contributed by atoms with Gasteiger partial charge in [-0.15, -0.1) is 11.8 Å². The van der Waals surface area contributed by atoms with Crippen molar-refractivity contribution in [2.45, 2.75) is 25.6 Å². The summed E-state index contributed by atoms with van der Waals surface area (Å²) in [5, 5.41) is 2.91. The molecule has 3 aromatic rings. The van der Waals surface area contributed by atoms with Crippen LogP contribution in [0.1, 0.15) is 22.3 Å². The van der Waals surface area contributed by atoms with E-state index in [0.717, 1.165) is 16.7 Å². The summed E-state index contributed by atoms with van der Waals surface area (Å²) in [6, 6.07) is 17.0. The molecule has 1 spiro atoms. The van der Waals surface area contributed by atoms with Gasteiger partial charge in [0.05, 0.1) is 11.4 Å². The Morgan fingerprint density at radius 1 is 1.03 bits per heavy atom. The number of fused-ring (bicyclic) bond motifs is 2. The first-order valence-electron chi connectivity index (χ1n) is 11.2. The number of hydrogen-bond acceptors (Lipinski definition) is 4. The van der Waals surface area contributed by atoms with Crippen LogP contribution in [0.5, 0.6) is 0 Å². The molecule has 6 nitrogen and oxygen atoms in total. The number of halogens is 1. The number of nitrogens with zero attached hydrogens (tertiary/aromatic N) is 2. The average Bonchev–Trinajstić information content (AvgIpc) is 3.27. The zero-order valence-electron chi connectivity index (χ0n) is 19.6. The number of rotatable bonds is 4. The van der Waals surface area contributed by atoms with E-state index < -0.39 is 16.6 Å². The molecule has 1 N–H and O–H groups in total. The second-order valence-electron chi connectivity index (χ2n) is 8.92. The first kappa shape index (κ1) is 23.1. The topological polar surface area (TPSA) is 69.7 Å². The maximum Gasteiger partial charge on any atom is 0.269 e. The van der Waals surface area contributed by atoms with Crippen molar-refractivity contribution < 1.29 is 18.8 Å². The monoisotopic (exact) mass is 489 g/mol. The van der Waals surface area contributed by atoms with E-state index in [1.165, 1.54) is 39.8 Å². The van der Waals surface area contributed by atoms with Gasteiger partial charge in [0.15, 0.2) is 0 Å². The highest BCUT2D eigenvalue weighted by Gasteiger charge is 2.61. The molecular weight excluding hydrogens is 465 g/mol. The third-order valence-corrected chi connectivity index (χ3v) is 7.73. The number of thioether (sulfide) groups is 1. The molecule has 2 aliphatic rings. The van der Waals surface area contributed by atoms with Gasteiger partial charge in [-0.3, -0.25) is 24.2 Å². The van der Waals surface area contributed by atoms with Gasteiger partial charge in [-0.25, -0.2) is 4.39 Å². The smallest absolute Gasteiger partial charge is 0.269 e. The standard InChI is InChI=1S/C27H24FN3O3S/c1-16-8-10-23-21(11-16)27(31(25(33)15-35-27)20-6-4-5-19(28)13-20)26(34)30(23)14-24(32)29-22-12-17(2)7-9-18(22)3/h4-13H,14-15H2,1-3H3,(H,29,32)/t27-/m0/s1. The number of aryl methyl sites for hydroxylation is 3. The predicted octanol–water partition coefficient (Wildman–Crippen LogP) is 4.67. The molecule has 0 unspecified atom stereocenters. The van der Waals surface area contributed by atoms with Crippen LogP contribution in [0, 0.1) is 26.6 Å². The van der Waals surface area contributed by atoms with Crippen LogP contribution in [0.15, 0.2) is 60.7 Å². The molecule has 3 aromatic carbocycles. The van der Waals surface area contributed by atoms with E-state index in [4.69, 9.17) is 0 Å². The second-order valence-corrected chi connectivity index (χ2v) is 10.1. The van der Waals surface area contributed by atoms with Crippen LogP contribution in [-0.2, 0) is 19.3 Å². The van der Waals surface area contributed by atoms with Crippen molar-refractivity contribution in [1.29, 1.82) is 0 Å². The zero-order valence-corrected chi connectivity index (χ0v) is 20.4. The van der Waals surface area contributed by atoms with Crippen LogP contribution < -0.4 is 15.1 Å². The molecule has 0 saturated carbocycles. The Balaban J connectivity index is 1.55. The molecule has 1 atom stereocenters. The van der Waals surface area contributed by atoms with E-state index in [1.807, 2.05) is 51.1 Å². The molecule has 0 bridgehead atoms. The number of hydrogen-bond donors (Lipinski definition) is 1. The third kappa shape index (κ3) is 3.78. The molecule has 178 valence electrons. The summed E-state index contributed by atoms with van der Waals surface area (Å²) in [4.78, 5) is 41.6. The summed E-state index contributed by atoms with van der Waals surface area (Å²) in [7, 11) is 0. The van der Waals surface area contributed by atoms with Crippen molar-refractivity contribution in [2.24, 2.45) is 0 Å². The first-order chi connectivity index (χ1) is 16.7. The van der Waals surface area contributed by atoms with Crippen LogP contribution in [-0.4, -0.2) is 30.0 Å². The van der Waals surface area contributed by atoms with E-state index in [2.05, 4.69) is 5.32 Å². The zero-order chi connectivity index (χ0) is 24.9. The quantitative estimate of drug-likeness (QED) is 0.578. The van der Waals surface area contributed by atoms with Crippen molar-refractivity contribution in [2.75, 3.05) is 27.4 Å². The molecule has 0 aromatic heterocycles. The minimum Gasteiger partial charge on any atom is -0.324 e. The summed E-state index contributed by atoms with van der Waals surface area (Å²) in [5.41, 5.74) is 5.03. The fourth-order valence-electron chi connectivity index (χ4n) is 4.69. The number of carbonyl (C=O) groups excluding carboxylic acids is 3. The molecule has 5 rings (SSSR count). The Morgan fingerprint density at radius 3 is 2.54 bits per heavy atom. The summed E-state index contributed by atoms with van der Waals surface area (Å²) in [6.45, 7) is 5.54. The highest BCUT2D eigenvalue weighted by Crippen LogP contribution is 2.55. The lowest BCUT2D eigenvalue weighted by atomic mass is 10.0. The van der Waals surface area contributed by atoms with Gasteiger partial charge in [-0.2, -0.15) is 0 Å². The van der Waals surface area contributed by atoms with Gasteiger partial charge in [-0.1, -0.05) is 35.9 Å². The van der Waals surface area contributed by atoms with Crippen molar-refractivity contribution in [3.63, 3.8) is 0 Å². The highest BCUT2D eigenvalue weighted by molar-refractivity contribution is 8.02. The van der Waals surface area contributed by atoms with Gasteiger partial charge in [0.1, 0.15) is 12.4 Å². The molecule has 1 fully saturated rings. The molecule has 8 heteroatoms. The minimum atomic E-state index is -1.40. The molecule has 1 saturated heterocycles. The van der Waals surface area contributed by atoms with Crippen molar-refractivity contribution in [3.05, 3.63) is 88.7 Å². The maximum atomic E-state index is 14.1. The highest BCUT2D eigenvalue weighted by atomic mass is 32.2. The van der Waals surface area contributed by atoms with E-state index in [9.17, 15) is 18.8 Å². The largest absolute Gasteiger partial charge is 0.324 e. The van der Waals surface area contributed by atoms with E-state index in [1.54, 1.807) is 12.1 Å². The van der Waals surface area contributed by atoms with Gasteiger partial charge in [-0.05, 0) is 62.2 Å². The SMILES string of the molecule is Cc1ccc(C)c(NC(=O)CN2C(=O)[C@@]3(SCC(=O)N3c3cccc(F)c3)c3cc(C)ccc32)c1. The normalized spacial score (nSPS) is 19.0. The van der Waals surface area contributed by atoms with E-state index in [0.29, 0.717) is 22.6 Å². The van der Waals surface area contributed by atoms with Gasteiger partial charge < -0.3 is 5.32 Å². The molecular formula is C27H24FN3O3S. The van der Waals surface area contributed by atoms with Crippen LogP contribution in [0.2, 0.25) is 0 Å². The minimum absolute atomic E-state index is 0.0676. The van der Waals surface area contributed by atoms with E-state index in [-0.39, 0.29) is 24.1 Å². The van der Waals surface area contributed by atoms with Gasteiger partial charge in [0.25, 0.3) is 5.91 Å². The van der Waals surface area contributed by atoms with Crippen LogP contribution >= 0.6 is 11.8 Å². The summed E-state index contributed by atoms with van der Waals surface area (Å²) in [6.07, 6.45) is 0. The predicted molar refractivity (Wildman–Crippen MR) is 136 cm³/mol. The van der Waals surface area contributed by atoms with Crippen molar-refractivity contribution >= 4 is 46.5 Å².